The van der Waals surface area contributed by atoms with Gasteiger partial charge in [0.1, 0.15) is 24.7 Å². The third kappa shape index (κ3) is 5.36. The molecule has 0 radical (unpaired) electrons. The first-order valence-corrected chi connectivity index (χ1v) is 9.32. The molecule has 4 heteroatoms. The fourth-order valence-electron chi connectivity index (χ4n) is 2.88. The molecular weight excluding hydrogens is 350 g/mol. The molecule has 4 nitrogen and oxygen atoms in total. The van der Waals surface area contributed by atoms with Gasteiger partial charge in [-0.05, 0) is 74.4 Å². The van der Waals surface area contributed by atoms with Crippen molar-refractivity contribution in [3.8, 4) is 11.5 Å². The van der Waals surface area contributed by atoms with Crippen molar-refractivity contribution in [1.82, 2.24) is 0 Å². The predicted molar refractivity (Wildman–Crippen MR) is 112 cm³/mol. The molecule has 0 saturated heterocycles. The minimum Gasteiger partial charge on any atom is -0.490 e. The van der Waals surface area contributed by atoms with Crippen LogP contribution in [0.2, 0.25) is 0 Å². The zero-order chi connectivity index (χ0) is 19.9. The first kappa shape index (κ1) is 19.5. The summed E-state index contributed by atoms with van der Waals surface area (Å²) < 4.78 is 11.4. The fourth-order valence-corrected chi connectivity index (χ4v) is 2.88. The van der Waals surface area contributed by atoms with E-state index in [0.29, 0.717) is 24.5 Å². The van der Waals surface area contributed by atoms with Crippen molar-refractivity contribution in [2.45, 2.75) is 20.8 Å². The number of benzene rings is 3. The van der Waals surface area contributed by atoms with Crippen molar-refractivity contribution in [3.05, 3.63) is 89.0 Å². The second kappa shape index (κ2) is 9.09. The molecule has 0 heterocycles. The first-order valence-electron chi connectivity index (χ1n) is 9.32. The van der Waals surface area contributed by atoms with Crippen molar-refractivity contribution in [1.29, 1.82) is 0 Å². The van der Waals surface area contributed by atoms with Gasteiger partial charge >= 0.3 is 0 Å². The van der Waals surface area contributed by atoms with Gasteiger partial charge in [-0.2, -0.15) is 0 Å². The number of nitrogens with one attached hydrogen (secondary N) is 1. The summed E-state index contributed by atoms with van der Waals surface area (Å²) in [5.41, 5.74) is 4.78. The van der Waals surface area contributed by atoms with Gasteiger partial charge in [-0.3, -0.25) is 4.79 Å². The molecule has 0 aliphatic carbocycles. The molecule has 1 N–H and O–H groups in total. The molecule has 3 rings (SSSR count). The highest BCUT2D eigenvalue weighted by Crippen LogP contribution is 2.18. The minimum atomic E-state index is -0.138. The first-order chi connectivity index (χ1) is 13.5. The smallest absolute Gasteiger partial charge is 0.255 e. The molecule has 0 atom stereocenters. The van der Waals surface area contributed by atoms with Gasteiger partial charge in [0.2, 0.25) is 0 Å². The van der Waals surface area contributed by atoms with Crippen LogP contribution in [0, 0.1) is 20.8 Å². The average Bonchev–Trinajstić information content (AvgIpc) is 2.68. The van der Waals surface area contributed by atoms with Crippen LogP contribution < -0.4 is 14.8 Å². The molecule has 3 aromatic carbocycles. The molecular formula is C24H25NO3. The molecule has 0 aliphatic heterocycles. The Morgan fingerprint density at radius 3 is 2.14 bits per heavy atom. The highest BCUT2D eigenvalue weighted by molar-refractivity contribution is 6.04. The lowest BCUT2D eigenvalue weighted by atomic mass is 10.1. The van der Waals surface area contributed by atoms with Crippen LogP contribution >= 0.6 is 0 Å². The second-order valence-electron chi connectivity index (χ2n) is 6.81. The Hall–Kier alpha value is -3.27. The van der Waals surface area contributed by atoms with Crippen LogP contribution in [0.1, 0.15) is 27.0 Å². The van der Waals surface area contributed by atoms with Gasteiger partial charge in [0.05, 0.1) is 0 Å². The van der Waals surface area contributed by atoms with Gasteiger partial charge in [0, 0.05) is 11.3 Å². The van der Waals surface area contributed by atoms with E-state index in [1.54, 1.807) is 24.3 Å². The molecule has 0 aliphatic rings. The van der Waals surface area contributed by atoms with Crippen molar-refractivity contribution in [2.75, 3.05) is 18.5 Å². The summed E-state index contributed by atoms with van der Waals surface area (Å²) in [4.78, 5) is 12.4. The third-order valence-electron chi connectivity index (χ3n) is 4.36. The summed E-state index contributed by atoms with van der Waals surface area (Å²) in [6.07, 6.45) is 0. The second-order valence-corrected chi connectivity index (χ2v) is 6.81. The highest BCUT2D eigenvalue weighted by atomic mass is 16.5. The lowest BCUT2D eigenvalue weighted by Gasteiger charge is -2.11. The average molecular weight is 375 g/mol. The number of carbonyl (C=O) groups excluding carboxylic acids is 1. The minimum absolute atomic E-state index is 0.138. The summed E-state index contributed by atoms with van der Waals surface area (Å²) in [6, 6.07) is 21.0. The van der Waals surface area contributed by atoms with Crippen molar-refractivity contribution >= 4 is 11.6 Å². The molecule has 0 bridgehead atoms. The third-order valence-corrected chi connectivity index (χ3v) is 4.36. The van der Waals surface area contributed by atoms with E-state index in [1.807, 2.05) is 63.2 Å². The van der Waals surface area contributed by atoms with Gasteiger partial charge in [0.25, 0.3) is 5.91 Å². The quantitative estimate of drug-likeness (QED) is 0.568. The zero-order valence-electron chi connectivity index (χ0n) is 16.5. The predicted octanol–water partition coefficient (Wildman–Crippen LogP) is 5.32. The topological polar surface area (TPSA) is 47.6 Å². The molecule has 0 saturated carbocycles. The van der Waals surface area contributed by atoms with Gasteiger partial charge in [-0.25, -0.2) is 0 Å². The van der Waals surface area contributed by atoms with E-state index < -0.39 is 0 Å². The van der Waals surface area contributed by atoms with E-state index in [9.17, 15) is 4.79 Å². The highest BCUT2D eigenvalue weighted by Gasteiger charge is 2.08. The Labute approximate surface area is 166 Å². The van der Waals surface area contributed by atoms with Crippen LogP contribution in [0.5, 0.6) is 11.5 Å². The van der Waals surface area contributed by atoms with E-state index in [2.05, 4.69) is 5.32 Å². The summed E-state index contributed by atoms with van der Waals surface area (Å²) in [6.45, 7) is 6.93. The molecule has 0 spiro atoms. The number of anilines is 1. The number of aryl methyl sites for hydroxylation is 3. The standard InChI is InChI=1S/C24H25NO3/c1-17-5-4-6-22(16-17)28-14-13-27-21-10-8-20(9-11-21)24(26)25-23-12-7-18(2)15-19(23)3/h4-12,15-16H,13-14H2,1-3H3,(H,25,26). The van der Waals surface area contributed by atoms with Crippen molar-refractivity contribution in [2.24, 2.45) is 0 Å². The van der Waals surface area contributed by atoms with Crippen molar-refractivity contribution < 1.29 is 14.3 Å². The Balaban J connectivity index is 1.49. The molecule has 1 amide bonds. The van der Waals surface area contributed by atoms with Crippen molar-refractivity contribution in [3.63, 3.8) is 0 Å². The number of ether oxygens (including phenoxy) is 2. The summed E-state index contributed by atoms with van der Waals surface area (Å²) in [5.74, 6) is 1.40. The van der Waals surface area contributed by atoms with Gasteiger partial charge in [-0.15, -0.1) is 0 Å². The summed E-state index contributed by atoms with van der Waals surface area (Å²) >= 11 is 0. The SMILES string of the molecule is Cc1cccc(OCCOc2ccc(C(=O)Nc3ccc(C)cc3C)cc2)c1. The van der Waals surface area contributed by atoms with E-state index >= 15 is 0 Å². The number of rotatable bonds is 7. The van der Waals surface area contributed by atoms with Crippen LogP contribution in [0.4, 0.5) is 5.69 Å². The van der Waals surface area contributed by atoms with E-state index in [0.717, 1.165) is 22.6 Å². The maximum Gasteiger partial charge on any atom is 0.255 e. The molecule has 0 unspecified atom stereocenters. The number of hydrogen-bond donors (Lipinski definition) is 1. The maximum atomic E-state index is 12.4. The number of hydrogen-bond acceptors (Lipinski definition) is 3. The van der Waals surface area contributed by atoms with E-state index in [-0.39, 0.29) is 5.91 Å². The Bertz CT molecular complexity index is 948. The van der Waals surface area contributed by atoms with Gasteiger partial charge < -0.3 is 14.8 Å². The van der Waals surface area contributed by atoms with E-state index in [4.69, 9.17) is 9.47 Å². The Morgan fingerprint density at radius 2 is 1.46 bits per heavy atom. The largest absolute Gasteiger partial charge is 0.490 e. The molecule has 0 aromatic heterocycles. The zero-order valence-corrected chi connectivity index (χ0v) is 16.5. The van der Waals surface area contributed by atoms with Crippen LogP contribution in [-0.2, 0) is 0 Å². The monoisotopic (exact) mass is 375 g/mol. The van der Waals surface area contributed by atoms with Crippen LogP contribution in [-0.4, -0.2) is 19.1 Å². The van der Waals surface area contributed by atoms with Crippen LogP contribution in [0.3, 0.4) is 0 Å². The number of amides is 1. The molecule has 0 fully saturated rings. The van der Waals surface area contributed by atoms with Crippen LogP contribution in [0.15, 0.2) is 66.7 Å². The van der Waals surface area contributed by atoms with Crippen LogP contribution in [0.25, 0.3) is 0 Å². The maximum absolute atomic E-state index is 12.4. The molecule has 28 heavy (non-hydrogen) atoms. The molecule has 144 valence electrons. The normalized spacial score (nSPS) is 10.4. The summed E-state index contributed by atoms with van der Waals surface area (Å²) in [5, 5.41) is 2.95. The Kier molecular flexibility index (Phi) is 6.33. The lowest BCUT2D eigenvalue weighted by Crippen LogP contribution is -2.13. The molecule has 3 aromatic rings. The Morgan fingerprint density at radius 1 is 0.786 bits per heavy atom. The van der Waals surface area contributed by atoms with E-state index in [1.165, 1.54) is 5.56 Å². The number of carbonyl (C=O) groups is 1. The fraction of sp³-hybridized carbons (Fsp3) is 0.208. The lowest BCUT2D eigenvalue weighted by molar-refractivity contribution is 0.102. The van der Waals surface area contributed by atoms with Gasteiger partial charge in [-0.1, -0.05) is 29.8 Å². The summed E-state index contributed by atoms with van der Waals surface area (Å²) in [7, 11) is 0. The van der Waals surface area contributed by atoms with Gasteiger partial charge in [0.15, 0.2) is 0 Å².